The summed E-state index contributed by atoms with van der Waals surface area (Å²) >= 11 is 0. The van der Waals surface area contributed by atoms with Gasteiger partial charge in [0.1, 0.15) is 23.4 Å². The van der Waals surface area contributed by atoms with Crippen molar-refractivity contribution < 1.29 is 24.5 Å². The molecule has 0 saturated carbocycles. The van der Waals surface area contributed by atoms with Gasteiger partial charge in [0.2, 0.25) is 0 Å². The Hall–Kier alpha value is -4.14. The fourth-order valence-electron chi connectivity index (χ4n) is 3.83. The van der Waals surface area contributed by atoms with Gasteiger partial charge in [-0.15, -0.1) is 0 Å². The predicted molar refractivity (Wildman–Crippen MR) is 136 cm³/mol. The van der Waals surface area contributed by atoms with E-state index in [9.17, 15) is 24.6 Å². The highest BCUT2D eigenvalue weighted by molar-refractivity contribution is 5.98. The lowest BCUT2D eigenvalue weighted by molar-refractivity contribution is -0.139. The van der Waals surface area contributed by atoms with E-state index in [0.29, 0.717) is 47.6 Å². The number of nitrogens with zero attached hydrogens (tertiary/aromatic N) is 1. The minimum atomic E-state index is -1.19. The molecule has 190 valence electrons. The molecule has 0 aliphatic carbocycles. The molecule has 3 rings (SSSR count). The zero-order chi connectivity index (χ0) is 26.2. The first-order chi connectivity index (χ1) is 17.3. The first-order valence-corrected chi connectivity index (χ1v) is 12.0. The van der Waals surface area contributed by atoms with Crippen LogP contribution in [-0.4, -0.2) is 44.7 Å². The van der Waals surface area contributed by atoms with Crippen LogP contribution in [0.4, 0.5) is 0 Å². The molecule has 0 saturated heterocycles. The third-order valence-corrected chi connectivity index (χ3v) is 5.73. The number of ether oxygens (including phenoxy) is 1. The van der Waals surface area contributed by atoms with Crippen molar-refractivity contribution in [3.8, 4) is 22.9 Å². The van der Waals surface area contributed by atoms with Gasteiger partial charge in [-0.25, -0.2) is 9.78 Å². The number of carboxylic acid groups (broad SMARTS) is 1. The molecule has 9 heteroatoms. The third-order valence-electron chi connectivity index (χ3n) is 5.73. The number of aliphatic carboxylic acids is 1. The highest BCUT2D eigenvalue weighted by Gasteiger charge is 2.23. The first kappa shape index (κ1) is 26.5. The van der Waals surface area contributed by atoms with Gasteiger partial charge in [0, 0.05) is 17.5 Å². The maximum Gasteiger partial charge on any atom is 0.326 e. The molecular formula is C27H31N3O6. The highest BCUT2D eigenvalue weighted by atomic mass is 16.5. The number of aryl methyl sites for hydroxylation is 1. The molecule has 0 bridgehead atoms. The Labute approximate surface area is 209 Å². The fourth-order valence-corrected chi connectivity index (χ4v) is 3.83. The summed E-state index contributed by atoms with van der Waals surface area (Å²) in [6.07, 6.45) is 1.92. The largest absolute Gasteiger partial charge is 0.508 e. The lowest BCUT2D eigenvalue weighted by Gasteiger charge is -2.17. The standard InChI is InChI=1S/C27H31N3O6/c1-4-13-36-23-12-9-17(15-20(23)24-28-21(6-3)19(5-2)26(33)30-24)25(32)29-22(27(34)35)14-16-7-10-18(31)11-8-16/h7-12,15,22,31H,4-6,13-14H2,1-3H3,(H,29,32)(H,34,35)(H,28,30,33). The van der Waals surface area contributed by atoms with Crippen LogP contribution in [0.3, 0.4) is 0 Å². The van der Waals surface area contributed by atoms with Crippen LogP contribution < -0.4 is 15.6 Å². The molecule has 1 heterocycles. The van der Waals surface area contributed by atoms with Crippen molar-refractivity contribution in [2.75, 3.05) is 6.61 Å². The second-order valence-electron chi connectivity index (χ2n) is 8.34. The zero-order valence-electron chi connectivity index (χ0n) is 20.6. The molecule has 36 heavy (non-hydrogen) atoms. The van der Waals surface area contributed by atoms with Crippen molar-refractivity contribution in [2.45, 2.75) is 52.5 Å². The maximum atomic E-state index is 13.1. The molecule has 0 radical (unpaired) electrons. The summed E-state index contributed by atoms with van der Waals surface area (Å²) in [5.74, 6) is -0.964. The van der Waals surface area contributed by atoms with E-state index in [4.69, 9.17) is 4.74 Å². The second kappa shape index (κ2) is 12.0. The highest BCUT2D eigenvalue weighted by Crippen LogP contribution is 2.29. The number of nitrogens with one attached hydrogen (secondary N) is 2. The lowest BCUT2D eigenvalue weighted by atomic mass is 10.0. The summed E-state index contributed by atoms with van der Waals surface area (Å²) in [5.41, 5.74) is 2.34. The molecule has 1 atom stereocenters. The number of phenols is 1. The Morgan fingerprint density at radius 2 is 1.81 bits per heavy atom. The molecule has 0 aliphatic rings. The number of carbonyl (C=O) groups excluding carboxylic acids is 1. The molecule has 1 aromatic heterocycles. The molecule has 0 aliphatic heterocycles. The van der Waals surface area contributed by atoms with Crippen LogP contribution in [0.5, 0.6) is 11.5 Å². The number of H-pyrrole nitrogens is 1. The quantitative estimate of drug-likeness (QED) is 0.320. The van der Waals surface area contributed by atoms with Crippen LogP contribution in [-0.2, 0) is 24.1 Å². The minimum absolute atomic E-state index is 0.0408. The van der Waals surface area contributed by atoms with E-state index in [0.717, 1.165) is 6.42 Å². The number of carbonyl (C=O) groups is 2. The Morgan fingerprint density at radius 3 is 2.42 bits per heavy atom. The maximum absolute atomic E-state index is 13.1. The predicted octanol–water partition coefficient (Wildman–Crippen LogP) is 3.48. The number of amides is 1. The van der Waals surface area contributed by atoms with E-state index >= 15 is 0 Å². The van der Waals surface area contributed by atoms with Gasteiger partial charge in [-0.3, -0.25) is 9.59 Å². The van der Waals surface area contributed by atoms with Gasteiger partial charge < -0.3 is 25.3 Å². The van der Waals surface area contributed by atoms with E-state index in [2.05, 4.69) is 15.3 Å². The number of benzene rings is 2. The minimum Gasteiger partial charge on any atom is -0.508 e. The summed E-state index contributed by atoms with van der Waals surface area (Å²) < 4.78 is 5.85. The number of carboxylic acids is 1. The number of hydrogen-bond donors (Lipinski definition) is 4. The summed E-state index contributed by atoms with van der Waals surface area (Å²) in [5, 5.41) is 21.7. The molecule has 0 fully saturated rings. The molecule has 1 amide bonds. The monoisotopic (exact) mass is 493 g/mol. The van der Waals surface area contributed by atoms with Crippen molar-refractivity contribution >= 4 is 11.9 Å². The van der Waals surface area contributed by atoms with Crippen LogP contribution in [0, 0.1) is 0 Å². The van der Waals surface area contributed by atoms with Gasteiger partial charge in [0.15, 0.2) is 0 Å². The summed E-state index contributed by atoms with van der Waals surface area (Å²) in [7, 11) is 0. The van der Waals surface area contributed by atoms with Gasteiger partial charge in [-0.1, -0.05) is 32.9 Å². The van der Waals surface area contributed by atoms with Crippen molar-refractivity contribution in [2.24, 2.45) is 0 Å². The molecule has 0 spiro atoms. The zero-order valence-corrected chi connectivity index (χ0v) is 20.6. The number of phenolic OH excluding ortho intramolecular Hbond substituents is 1. The first-order valence-electron chi connectivity index (χ1n) is 12.0. The number of rotatable bonds is 11. The SMILES string of the molecule is CCCOc1ccc(C(=O)NC(Cc2ccc(O)cc2)C(=O)O)cc1-c1nc(CC)c(CC)c(=O)[nH]1. The Morgan fingerprint density at radius 1 is 1.08 bits per heavy atom. The Balaban J connectivity index is 1.96. The van der Waals surface area contributed by atoms with Crippen LogP contribution >= 0.6 is 0 Å². The van der Waals surface area contributed by atoms with Crippen molar-refractivity contribution in [1.82, 2.24) is 15.3 Å². The van der Waals surface area contributed by atoms with Crippen molar-refractivity contribution in [1.29, 1.82) is 0 Å². The fraction of sp³-hybridized carbons (Fsp3) is 0.333. The van der Waals surface area contributed by atoms with Crippen LogP contribution in [0.1, 0.15) is 54.4 Å². The number of hydrogen-bond acceptors (Lipinski definition) is 6. The number of aromatic hydroxyl groups is 1. The third kappa shape index (κ3) is 6.29. The average Bonchev–Trinajstić information content (AvgIpc) is 2.87. The van der Waals surface area contributed by atoms with Crippen LogP contribution in [0.15, 0.2) is 47.3 Å². The topological polar surface area (TPSA) is 142 Å². The Bertz CT molecular complexity index is 1280. The van der Waals surface area contributed by atoms with Crippen molar-refractivity contribution in [3.05, 3.63) is 75.2 Å². The van der Waals surface area contributed by atoms with E-state index < -0.39 is 17.9 Å². The van der Waals surface area contributed by atoms with E-state index in [1.54, 1.807) is 30.3 Å². The summed E-state index contributed by atoms with van der Waals surface area (Å²) in [4.78, 5) is 45.0. The molecular weight excluding hydrogens is 462 g/mol. The normalized spacial score (nSPS) is 11.6. The second-order valence-corrected chi connectivity index (χ2v) is 8.34. The molecule has 9 nitrogen and oxygen atoms in total. The van der Waals surface area contributed by atoms with Gasteiger partial charge in [-0.2, -0.15) is 0 Å². The lowest BCUT2D eigenvalue weighted by Crippen LogP contribution is -2.42. The van der Waals surface area contributed by atoms with Crippen LogP contribution in [0.2, 0.25) is 0 Å². The summed E-state index contributed by atoms with van der Waals surface area (Å²) in [6, 6.07) is 9.64. The molecule has 4 N–H and O–H groups in total. The Kier molecular flexibility index (Phi) is 8.83. The number of aromatic nitrogens is 2. The van der Waals surface area contributed by atoms with Gasteiger partial charge in [-0.05, 0) is 55.2 Å². The molecule has 2 aromatic carbocycles. The van der Waals surface area contributed by atoms with Gasteiger partial charge >= 0.3 is 5.97 Å². The number of aromatic amines is 1. The van der Waals surface area contributed by atoms with Gasteiger partial charge in [0.25, 0.3) is 11.5 Å². The van der Waals surface area contributed by atoms with E-state index in [1.807, 2.05) is 20.8 Å². The van der Waals surface area contributed by atoms with Gasteiger partial charge in [0.05, 0.1) is 17.9 Å². The van der Waals surface area contributed by atoms with E-state index in [-0.39, 0.29) is 29.1 Å². The molecule has 3 aromatic rings. The summed E-state index contributed by atoms with van der Waals surface area (Å²) in [6.45, 7) is 6.21. The smallest absolute Gasteiger partial charge is 0.326 e. The van der Waals surface area contributed by atoms with E-state index in [1.165, 1.54) is 12.1 Å². The van der Waals surface area contributed by atoms with Crippen molar-refractivity contribution in [3.63, 3.8) is 0 Å². The average molecular weight is 494 g/mol. The molecule has 1 unspecified atom stereocenters. The van der Waals surface area contributed by atoms with Crippen LogP contribution in [0.25, 0.3) is 11.4 Å².